The van der Waals surface area contributed by atoms with Crippen LogP contribution >= 0.6 is 0 Å². The van der Waals surface area contributed by atoms with E-state index in [0.29, 0.717) is 17.3 Å². The summed E-state index contributed by atoms with van der Waals surface area (Å²) in [6.07, 6.45) is 1.62. The third-order valence-corrected chi connectivity index (χ3v) is 2.33. The van der Waals surface area contributed by atoms with Gasteiger partial charge in [0, 0.05) is 11.8 Å². The molecule has 5 heteroatoms. The molecule has 0 saturated carbocycles. The minimum Gasteiger partial charge on any atom is -0.257 e. The smallest absolute Gasteiger partial charge is 0.181 e. The van der Waals surface area contributed by atoms with Crippen molar-refractivity contribution in [1.29, 1.82) is 0 Å². The van der Waals surface area contributed by atoms with E-state index >= 15 is 0 Å². The van der Waals surface area contributed by atoms with Crippen LogP contribution in [0.3, 0.4) is 0 Å². The van der Waals surface area contributed by atoms with Crippen molar-refractivity contribution in [2.75, 3.05) is 0 Å². The third kappa shape index (κ3) is 1.90. The molecule has 0 bridgehead atoms. The minimum atomic E-state index is 0.622. The Hall–Kier alpha value is -2.56. The second-order valence-corrected chi connectivity index (χ2v) is 3.48. The van der Waals surface area contributed by atoms with Crippen LogP contribution in [0, 0.1) is 0 Å². The van der Waals surface area contributed by atoms with Crippen LogP contribution in [-0.4, -0.2) is 25.4 Å². The van der Waals surface area contributed by atoms with Gasteiger partial charge in [0.2, 0.25) is 0 Å². The lowest BCUT2D eigenvalue weighted by Crippen LogP contribution is -1.87. The SMILES string of the molecule is c1ccc(-c2n[nH]c(-c3cccnn3)n2)cc1. The summed E-state index contributed by atoms with van der Waals surface area (Å²) in [6, 6.07) is 13.4. The average molecular weight is 223 g/mol. The molecule has 3 rings (SSSR count). The lowest BCUT2D eigenvalue weighted by molar-refractivity contribution is 1.01. The zero-order chi connectivity index (χ0) is 11.5. The highest BCUT2D eigenvalue weighted by Gasteiger charge is 2.07. The predicted molar refractivity (Wildman–Crippen MR) is 62.8 cm³/mol. The van der Waals surface area contributed by atoms with E-state index in [1.54, 1.807) is 6.20 Å². The van der Waals surface area contributed by atoms with Crippen LogP contribution in [0.1, 0.15) is 0 Å². The molecule has 2 aromatic heterocycles. The Kier molecular flexibility index (Phi) is 2.34. The van der Waals surface area contributed by atoms with Gasteiger partial charge in [0.25, 0.3) is 0 Å². The highest BCUT2D eigenvalue weighted by Crippen LogP contribution is 2.17. The summed E-state index contributed by atoms with van der Waals surface area (Å²) >= 11 is 0. The number of nitrogens with zero attached hydrogens (tertiary/aromatic N) is 4. The van der Waals surface area contributed by atoms with Gasteiger partial charge in [-0.05, 0) is 12.1 Å². The summed E-state index contributed by atoms with van der Waals surface area (Å²) in [5, 5.41) is 14.8. The Morgan fingerprint density at radius 1 is 0.941 bits per heavy atom. The molecule has 0 saturated heterocycles. The maximum atomic E-state index is 4.38. The summed E-state index contributed by atoms with van der Waals surface area (Å²) in [7, 11) is 0. The quantitative estimate of drug-likeness (QED) is 0.720. The van der Waals surface area contributed by atoms with Gasteiger partial charge in [0.1, 0.15) is 5.69 Å². The second-order valence-electron chi connectivity index (χ2n) is 3.48. The Balaban J connectivity index is 1.99. The minimum absolute atomic E-state index is 0.622. The lowest BCUT2D eigenvalue weighted by atomic mass is 10.2. The van der Waals surface area contributed by atoms with Crippen molar-refractivity contribution < 1.29 is 0 Å². The van der Waals surface area contributed by atoms with Gasteiger partial charge in [-0.25, -0.2) is 4.98 Å². The Morgan fingerprint density at radius 3 is 2.59 bits per heavy atom. The first-order valence-electron chi connectivity index (χ1n) is 5.19. The molecule has 0 amide bonds. The largest absolute Gasteiger partial charge is 0.257 e. The Morgan fingerprint density at radius 2 is 1.82 bits per heavy atom. The van der Waals surface area contributed by atoms with Crippen molar-refractivity contribution in [3.63, 3.8) is 0 Å². The number of H-pyrrole nitrogens is 1. The van der Waals surface area contributed by atoms with E-state index in [1.807, 2.05) is 42.5 Å². The highest BCUT2D eigenvalue weighted by molar-refractivity contribution is 5.58. The molecule has 2 heterocycles. The van der Waals surface area contributed by atoms with Crippen LogP contribution in [0.2, 0.25) is 0 Å². The zero-order valence-electron chi connectivity index (χ0n) is 8.91. The van der Waals surface area contributed by atoms with Gasteiger partial charge in [0.15, 0.2) is 11.6 Å². The van der Waals surface area contributed by atoms with Gasteiger partial charge < -0.3 is 0 Å². The fourth-order valence-electron chi connectivity index (χ4n) is 1.52. The number of rotatable bonds is 2. The van der Waals surface area contributed by atoms with Crippen LogP contribution in [0.5, 0.6) is 0 Å². The molecule has 0 fully saturated rings. The van der Waals surface area contributed by atoms with Crippen molar-refractivity contribution in [2.24, 2.45) is 0 Å². The molecule has 0 aliphatic carbocycles. The topological polar surface area (TPSA) is 67.3 Å². The first-order valence-corrected chi connectivity index (χ1v) is 5.19. The van der Waals surface area contributed by atoms with E-state index in [9.17, 15) is 0 Å². The van der Waals surface area contributed by atoms with Crippen molar-refractivity contribution in [2.45, 2.75) is 0 Å². The fraction of sp³-hybridized carbons (Fsp3) is 0. The Bertz CT molecular complexity index is 549. The van der Waals surface area contributed by atoms with Gasteiger partial charge in [-0.1, -0.05) is 30.3 Å². The summed E-state index contributed by atoms with van der Waals surface area (Å²) in [5.74, 6) is 1.28. The third-order valence-electron chi connectivity index (χ3n) is 2.33. The van der Waals surface area contributed by atoms with E-state index in [-0.39, 0.29) is 0 Å². The summed E-state index contributed by atoms with van der Waals surface area (Å²) in [4.78, 5) is 4.38. The van der Waals surface area contributed by atoms with Crippen molar-refractivity contribution in [3.05, 3.63) is 48.7 Å². The van der Waals surface area contributed by atoms with Crippen LogP contribution in [0.15, 0.2) is 48.7 Å². The van der Waals surface area contributed by atoms with E-state index in [4.69, 9.17) is 0 Å². The number of benzene rings is 1. The number of aromatic amines is 1. The molecule has 1 N–H and O–H groups in total. The maximum Gasteiger partial charge on any atom is 0.181 e. The van der Waals surface area contributed by atoms with Crippen molar-refractivity contribution in [1.82, 2.24) is 25.4 Å². The molecule has 5 nitrogen and oxygen atoms in total. The van der Waals surface area contributed by atoms with Crippen LogP contribution in [0.4, 0.5) is 0 Å². The fourth-order valence-corrected chi connectivity index (χ4v) is 1.52. The van der Waals surface area contributed by atoms with Gasteiger partial charge in [0.05, 0.1) is 0 Å². The first-order chi connectivity index (χ1) is 8.43. The van der Waals surface area contributed by atoms with Crippen LogP contribution in [-0.2, 0) is 0 Å². The van der Waals surface area contributed by atoms with Gasteiger partial charge in [-0.15, -0.1) is 5.10 Å². The molecule has 82 valence electrons. The number of hydrogen-bond donors (Lipinski definition) is 1. The summed E-state index contributed by atoms with van der Waals surface area (Å²) in [6.45, 7) is 0. The molecule has 3 aromatic rings. The number of nitrogens with one attached hydrogen (secondary N) is 1. The second kappa shape index (κ2) is 4.13. The highest BCUT2D eigenvalue weighted by atomic mass is 15.2. The first kappa shape index (κ1) is 9.65. The number of hydrogen-bond acceptors (Lipinski definition) is 4. The lowest BCUT2D eigenvalue weighted by Gasteiger charge is -1.92. The molecule has 17 heavy (non-hydrogen) atoms. The van der Waals surface area contributed by atoms with E-state index in [0.717, 1.165) is 5.56 Å². The van der Waals surface area contributed by atoms with Gasteiger partial charge in [-0.2, -0.15) is 10.2 Å². The zero-order valence-corrected chi connectivity index (χ0v) is 8.91. The molecule has 0 spiro atoms. The molecular formula is C12H9N5. The molecule has 1 aromatic carbocycles. The molecular weight excluding hydrogens is 214 g/mol. The van der Waals surface area contributed by atoms with Crippen molar-refractivity contribution in [3.8, 4) is 22.9 Å². The predicted octanol–water partition coefficient (Wildman–Crippen LogP) is 1.93. The monoisotopic (exact) mass is 223 g/mol. The Labute approximate surface area is 97.6 Å². The van der Waals surface area contributed by atoms with E-state index < -0.39 is 0 Å². The van der Waals surface area contributed by atoms with Crippen LogP contribution in [0.25, 0.3) is 22.9 Å². The molecule has 0 unspecified atom stereocenters. The molecule has 0 atom stereocenters. The molecule has 0 radical (unpaired) electrons. The van der Waals surface area contributed by atoms with Crippen LogP contribution < -0.4 is 0 Å². The van der Waals surface area contributed by atoms with E-state index in [1.165, 1.54) is 0 Å². The summed E-state index contributed by atoms with van der Waals surface area (Å²) in [5.41, 5.74) is 1.65. The normalized spacial score (nSPS) is 10.4. The maximum absolute atomic E-state index is 4.38. The average Bonchev–Trinajstić information content (AvgIpc) is 2.90. The van der Waals surface area contributed by atoms with Gasteiger partial charge >= 0.3 is 0 Å². The number of aromatic nitrogens is 5. The van der Waals surface area contributed by atoms with E-state index in [2.05, 4.69) is 25.4 Å². The van der Waals surface area contributed by atoms with Crippen molar-refractivity contribution >= 4 is 0 Å². The standard InChI is InChI=1S/C12H9N5/c1-2-5-9(6-3-1)11-14-12(17-16-11)10-7-4-8-13-15-10/h1-8H,(H,14,16,17). The molecule has 0 aliphatic heterocycles. The summed E-state index contributed by atoms with van der Waals surface area (Å²) < 4.78 is 0. The molecule has 0 aliphatic rings. The van der Waals surface area contributed by atoms with Gasteiger partial charge in [-0.3, -0.25) is 5.10 Å².